The Bertz CT molecular complexity index is 1050. The van der Waals surface area contributed by atoms with E-state index in [1.54, 1.807) is 13.8 Å². The minimum Gasteiger partial charge on any atom is -0.348 e. The van der Waals surface area contributed by atoms with Gasteiger partial charge in [-0.05, 0) is 63.5 Å². The minimum atomic E-state index is -2.28. The lowest BCUT2D eigenvalue weighted by Gasteiger charge is -2.49. The molecule has 0 bridgehead atoms. The summed E-state index contributed by atoms with van der Waals surface area (Å²) < 4.78 is 55.8. The SMILES string of the molecule is C=C(C)C(=O)C(CCCCC)OC(OCCCCCC)(P=O)C(OCCCCCC)(OC(CCCCC)C(=O)C(=C)C)C(OCCCCCC)OCCCCCC. The molecule has 0 aromatic rings. The van der Waals surface area contributed by atoms with Crippen molar-refractivity contribution in [3.63, 3.8) is 0 Å². The lowest BCUT2D eigenvalue weighted by atomic mass is 10.0. The summed E-state index contributed by atoms with van der Waals surface area (Å²) in [5.41, 5.74) is -1.64. The quantitative estimate of drug-likeness (QED) is 0.0257. The summed E-state index contributed by atoms with van der Waals surface area (Å²) in [6, 6.07) is 0. The smallest absolute Gasteiger partial charge is 0.313 e. The van der Waals surface area contributed by atoms with Crippen LogP contribution >= 0.6 is 8.46 Å². The first kappa shape index (κ1) is 55.7. The van der Waals surface area contributed by atoms with Crippen molar-refractivity contribution in [1.82, 2.24) is 0 Å². The molecule has 0 N–H and O–H groups in total. The molecule has 0 aliphatic heterocycles. The largest absolute Gasteiger partial charge is 0.348 e. The van der Waals surface area contributed by atoms with Crippen molar-refractivity contribution in [2.24, 2.45) is 0 Å². The van der Waals surface area contributed by atoms with Gasteiger partial charge in [0.25, 0.3) is 5.79 Å². The number of hydrogen-bond acceptors (Lipinski definition) is 9. The van der Waals surface area contributed by atoms with E-state index < -0.39 is 38.3 Å². The van der Waals surface area contributed by atoms with Crippen LogP contribution in [0.25, 0.3) is 0 Å². The molecule has 4 unspecified atom stereocenters. The zero-order valence-corrected chi connectivity index (χ0v) is 39.0. The number of hydrogen-bond donors (Lipinski definition) is 0. The Morgan fingerprint density at radius 2 is 0.842 bits per heavy atom. The van der Waals surface area contributed by atoms with Crippen LogP contribution in [0.4, 0.5) is 0 Å². The molecule has 0 aromatic carbocycles. The maximum atomic E-state index is 14.4. The lowest BCUT2D eigenvalue weighted by molar-refractivity contribution is -0.445. The van der Waals surface area contributed by atoms with Gasteiger partial charge in [-0.1, -0.05) is 170 Å². The molecule has 0 saturated heterocycles. The van der Waals surface area contributed by atoms with Gasteiger partial charge in [0, 0.05) is 13.2 Å². The highest BCUT2D eigenvalue weighted by Crippen LogP contribution is 2.48. The Hall–Kier alpha value is -1.32. The molecule has 0 fully saturated rings. The van der Waals surface area contributed by atoms with E-state index in [1.165, 1.54) is 0 Å². The topological polar surface area (TPSA) is 107 Å². The molecule has 57 heavy (non-hydrogen) atoms. The van der Waals surface area contributed by atoms with E-state index in [-0.39, 0.29) is 24.8 Å². The van der Waals surface area contributed by atoms with E-state index in [2.05, 4.69) is 54.7 Å². The molecule has 0 rings (SSSR count). The summed E-state index contributed by atoms with van der Waals surface area (Å²) >= 11 is 0. The van der Waals surface area contributed by atoms with Gasteiger partial charge in [0.1, 0.15) is 12.2 Å². The van der Waals surface area contributed by atoms with Gasteiger partial charge in [-0.2, -0.15) is 0 Å². The third-order valence-corrected chi connectivity index (χ3v) is 11.0. The van der Waals surface area contributed by atoms with Crippen LogP contribution in [0.1, 0.15) is 209 Å². The number of Topliss-reactive ketones (excluding diaryl/α,β-unsaturated/α-hetero) is 2. The summed E-state index contributed by atoms with van der Waals surface area (Å²) in [6.45, 7) is 25.0. The van der Waals surface area contributed by atoms with Crippen LogP contribution < -0.4 is 0 Å². The normalized spacial score (nSPS) is 15.0. The Labute approximate surface area is 351 Å². The van der Waals surface area contributed by atoms with E-state index in [1.807, 2.05) is 0 Å². The molecule has 0 aliphatic carbocycles. The first-order chi connectivity index (χ1) is 27.5. The number of rotatable bonds is 43. The fourth-order valence-corrected chi connectivity index (χ4v) is 7.26. The van der Waals surface area contributed by atoms with Crippen LogP contribution in [0, 0.1) is 0 Å². The van der Waals surface area contributed by atoms with Crippen molar-refractivity contribution >= 4 is 20.0 Å². The van der Waals surface area contributed by atoms with Gasteiger partial charge in [0.2, 0.25) is 14.8 Å². The summed E-state index contributed by atoms with van der Waals surface area (Å²) in [5, 5.41) is 0. The van der Waals surface area contributed by atoms with Crippen molar-refractivity contribution in [2.45, 2.75) is 239 Å². The average molecular weight is 827 g/mol. The average Bonchev–Trinajstić information content (AvgIpc) is 3.20. The van der Waals surface area contributed by atoms with Crippen LogP contribution in [0.15, 0.2) is 24.3 Å². The second-order valence-corrected chi connectivity index (χ2v) is 16.6. The molecule has 0 aliphatic rings. The van der Waals surface area contributed by atoms with Crippen molar-refractivity contribution < 1.29 is 42.6 Å². The first-order valence-corrected chi connectivity index (χ1v) is 23.9. The highest BCUT2D eigenvalue weighted by molar-refractivity contribution is 7.25. The zero-order valence-electron chi connectivity index (χ0n) is 38.1. The molecule has 0 heterocycles. The highest BCUT2D eigenvalue weighted by Gasteiger charge is 2.67. The summed E-state index contributed by atoms with van der Waals surface area (Å²) in [6.07, 6.45) is 16.9. The van der Waals surface area contributed by atoms with Gasteiger partial charge in [0.05, 0.1) is 13.2 Å². The molecule has 0 radical (unpaired) electrons. The molecule has 9 nitrogen and oxygen atoms in total. The standard InChI is InChI=1S/C47H87O9P/c1-11-17-23-29-35-51-45(52-36-30-24-18-12-2)46(53-37-31-25-19-13-3,55-41(33-27-21-15-5)43(48)39(7)8)47(57-50,54-38-32-26-20-14-4)56-42(34-28-22-16-6)44(49)40(9)10/h41-42,45H,7,9,11-38H2,1-6,8,10H3. The van der Waals surface area contributed by atoms with Crippen molar-refractivity contribution in [3.05, 3.63) is 24.3 Å². The van der Waals surface area contributed by atoms with E-state index >= 15 is 0 Å². The maximum Gasteiger partial charge on any atom is 0.313 e. The van der Waals surface area contributed by atoms with Gasteiger partial charge >= 0.3 is 5.53 Å². The van der Waals surface area contributed by atoms with E-state index in [9.17, 15) is 14.2 Å². The zero-order chi connectivity index (χ0) is 42.8. The van der Waals surface area contributed by atoms with Gasteiger partial charge in [-0.3, -0.25) is 14.2 Å². The van der Waals surface area contributed by atoms with Gasteiger partial charge < -0.3 is 28.4 Å². The molecule has 0 spiro atoms. The third kappa shape index (κ3) is 22.2. The molecular formula is C47H87O9P. The van der Waals surface area contributed by atoms with Gasteiger partial charge in [-0.25, -0.2) is 0 Å². The Morgan fingerprint density at radius 1 is 0.491 bits per heavy atom. The summed E-state index contributed by atoms with van der Waals surface area (Å²) in [4.78, 5) is 28.2. The van der Waals surface area contributed by atoms with Crippen molar-refractivity contribution in [2.75, 3.05) is 26.4 Å². The molecular weight excluding hydrogens is 739 g/mol. The molecule has 0 saturated carbocycles. The van der Waals surface area contributed by atoms with Crippen LogP contribution in [0.5, 0.6) is 0 Å². The first-order valence-electron chi connectivity index (χ1n) is 23.1. The van der Waals surface area contributed by atoms with Crippen LogP contribution in [0.2, 0.25) is 0 Å². The van der Waals surface area contributed by atoms with E-state index in [0.717, 1.165) is 116 Å². The van der Waals surface area contributed by atoms with Gasteiger partial charge in [0.15, 0.2) is 11.6 Å². The van der Waals surface area contributed by atoms with Crippen LogP contribution in [-0.2, 0) is 42.6 Å². The second kappa shape index (κ2) is 35.4. The van der Waals surface area contributed by atoms with Gasteiger partial charge in [-0.15, -0.1) is 0 Å². The Kier molecular flexibility index (Phi) is 34.6. The van der Waals surface area contributed by atoms with Crippen molar-refractivity contribution in [3.8, 4) is 0 Å². The number of ether oxygens (including phenoxy) is 6. The fourth-order valence-electron chi connectivity index (χ4n) is 6.60. The Morgan fingerprint density at radius 3 is 1.21 bits per heavy atom. The molecule has 4 atom stereocenters. The predicted octanol–water partition coefficient (Wildman–Crippen LogP) is 13.6. The number of ketones is 2. The number of carbonyl (C=O) groups excluding carboxylic acids is 2. The van der Waals surface area contributed by atoms with Crippen LogP contribution in [0.3, 0.4) is 0 Å². The van der Waals surface area contributed by atoms with Crippen LogP contribution in [-0.4, -0.2) is 67.8 Å². The number of unbranched alkanes of at least 4 members (excludes halogenated alkanes) is 16. The second-order valence-electron chi connectivity index (χ2n) is 15.8. The molecule has 334 valence electrons. The molecule has 0 amide bonds. The summed E-state index contributed by atoms with van der Waals surface area (Å²) in [7, 11) is -0.650. The lowest BCUT2D eigenvalue weighted by Crippen LogP contribution is -2.68. The predicted molar refractivity (Wildman–Crippen MR) is 235 cm³/mol. The summed E-state index contributed by atoms with van der Waals surface area (Å²) in [5.74, 6) is -2.82. The minimum absolute atomic E-state index is 0.136. The molecule has 0 aromatic heterocycles. The monoisotopic (exact) mass is 827 g/mol. The fraction of sp³-hybridized carbons (Fsp3) is 0.872. The van der Waals surface area contributed by atoms with E-state index in [4.69, 9.17) is 28.4 Å². The highest BCUT2D eigenvalue weighted by atomic mass is 31.1. The Balaban J connectivity index is 8.18. The van der Waals surface area contributed by atoms with Crippen molar-refractivity contribution in [1.29, 1.82) is 0 Å². The third-order valence-electron chi connectivity index (χ3n) is 10.2. The molecule has 10 heteroatoms. The number of carbonyl (C=O) groups is 2. The van der Waals surface area contributed by atoms with E-state index in [0.29, 0.717) is 62.9 Å². The maximum absolute atomic E-state index is 14.4.